The monoisotopic (exact) mass is 236 g/mol. The molecule has 4 heteroatoms. The number of amides is 1. The molecule has 1 fully saturated rings. The summed E-state index contributed by atoms with van der Waals surface area (Å²) in [6.07, 6.45) is 5.98. The highest BCUT2D eigenvalue weighted by molar-refractivity contribution is 5.91. The first-order valence-electron chi connectivity index (χ1n) is 6.46. The quantitative estimate of drug-likeness (QED) is 0.810. The SMILES string of the molecule is CCN(C(=O)c1cc(C)no1)C1CCCCC1. The molecule has 0 atom stereocenters. The van der Waals surface area contributed by atoms with E-state index in [-0.39, 0.29) is 5.91 Å². The summed E-state index contributed by atoms with van der Waals surface area (Å²) in [5.41, 5.74) is 0.757. The van der Waals surface area contributed by atoms with Crippen LogP contribution in [0.15, 0.2) is 10.6 Å². The fourth-order valence-corrected chi connectivity index (χ4v) is 2.57. The van der Waals surface area contributed by atoms with Gasteiger partial charge in [-0.05, 0) is 26.7 Å². The summed E-state index contributed by atoms with van der Waals surface area (Å²) >= 11 is 0. The number of nitrogens with zero attached hydrogens (tertiary/aromatic N) is 2. The minimum Gasteiger partial charge on any atom is -0.351 e. The molecular formula is C13H20N2O2. The predicted octanol–water partition coefficient (Wildman–Crippen LogP) is 2.78. The van der Waals surface area contributed by atoms with Crippen LogP contribution in [0.4, 0.5) is 0 Å². The van der Waals surface area contributed by atoms with Crippen molar-refractivity contribution in [3.63, 3.8) is 0 Å². The third kappa shape index (κ3) is 2.68. The Morgan fingerprint density at radius 2 is 2.18 bits per heavy atom. The number of hydrogen-bond donors (Lipinski definition) is 0. The van der Waals surface area contributed by atoms with Gasteiger partial charge in [0.15, 0.2) is 0 Å². The molecule has 0 spiro atoms. The molecule has 0 saturated heterocycles. The maximum Gasteiger partial charge on any atom is 0.292 e. The van der Waals surface area contributed by atoms with Crippen LogP contribution in [0.5, 0.6) is 0 Å². The van der Waals surface area contributed by atoms with Crippen molar-refractivity contribution in [2.24, 2.45) is 0 Å². The van der Waals surface area contributed by atoms with Crippen LogP contribution in [0, 0.1) is 6.92 Å². The smallest absolute Gasteiger partial charge is 0.292 e. The molecule has 1 amide bonds. The summed E-state index contributed by atoms with van der Waals surface area (Å²) in [4.78, 5) is 14.2. The van der Waals surface area contributed by atoms with E-state index < -0.39 is 0 Å². The lowest BCUT2D eigenvalue weighted by atomic mass is 9.94. The van der Waals surface area contributed by atoms with Gasteiger partial charge in [0.1, 0.15) is 0 Å². The third-order valence-electron chi connectivity index (χ3n) is 3.46. The van der Waals surface area contributed by atoms with Crippen LogP contribution >= 0.6 is 0 Å². The second-order valence-corrected chi connectivity index (χ2v) is 4.72. The molecule has 1 aromatic rings. The summed E-state index contributed by atoms with van der Waals surface area (Å²) in [6.45, 7) is 4.59. The van der Waals surface area contributed by atoms with E-state index in [1.165, 1.54) is 19.3 Å². The van der Waals surface area contributed by atoms with Crippen LogP contribution < -0.4 is 0 Å². The molecule has 4 nitrogen and oxygen atoms in total. The van der Waals surface area contributed by atoms with Gasteiger partial charge in [-0.2, -0.15) is 0 Å². The Hall–Kier alpha value is -1.32. The highest BCUT2D eigenvalue weighted by Gasteiger charge is 2.27. The fraction of sp³-hybridized carbons (Fsp3) is 0.692. The lowest BCUT2D eigenvalue weighted by Gasteiger charge is -2.32. The number of rotatable bonds is 3. The zero-order valence-electron chi connectivity index (χ0n) is 10.6. The van der Waals surface area contributed by atoms with Crippen molar-refractivity contribution < 1.29 is 9.32 Å². The Bertz CT molecular complexity index is 381. The lowest BCUT2D eigenvalue weighted by Crippen LogP contribution is -2.41. The first-order valence-corrected chi connectivity index (χ1v) is 6.46. The van der Waals surface area contributed by atoms with Gasteiger partial charge in [-0.3, -0.25) is 4.79 Å². The summed E-state index contributed by atoms with van der Waals surface area (Å²) in [5, 5.41) is 3.78. The second kappa shape index (κ2) is 5.34. The molecule has 0 aromatic carbocycles. The minimum atomic E-state index is -0.0139. The summed E-state index contributed by atoms with van der Waals surface area (Å²) in [7, 11) is 0. The van der Waals surface area contributed by atoms with Gasteiger partial charge < -0.3 is 9.42 Å². The molecule has 1 saturated carbocycles. The van der Waals surface area contributed by atoms with Gasteiger partial charge in [-0.25, -0.2) is 0 Å². The summed E-state index contributed by atoms with van der Waals surface area (Å²) in [5.74, 6) is 0.356. The van der Waals surface area contributed by atoms with Crippen LogP contribution in [0.1, 0.15) is 55.3 Å². The third-order valence-corrected chi connectivity index (χ3v) is 3.46. The Labute approximate surface area is 102 Å². The van der Waals surface area contributed by atoms with E-state index in [9.17, 15) is 4.79 Å². The first-order chi connectivity index (χ1) is 8.22. The van der Waals surface area contributed by atoms with Gasteiger partial charge in [0.25, 0.3) is 5.91 Å². The maximum absolute atomic E-state index is 12.3. The van der Waals surface area contributed by atoms with Gasteiger partial charge in [0.05, 0.1) is 5.69 Å². The standard InChI is InChI=1S/C13H20N2O2/c1-3-15(11-7-5-4-6-8-11)13(16)12-9-10(2)14-17-12/h9,11H,3-8H2,1-2H3. The molecule has 1 heterocycles. The summed E-state index contributed by atoms with van der Waals surface area (Å²) < 4.78 is 5.06. The van der Waals surface area contributed by atoms with Crippen molar-refractivity contribution in [3.8, 4) is 0 Å². The predicted molar refractivity (Wildman–Crippen MR) is 64.8 cm³/mol. The average molecular weight is 236 g/mol. The molecule has 0 aliphatic heterocycles. The highest BCUT2D eigenvalue weighted by Crippen LogP contribution is 2.23. The van der Waals surface area contributed by atoms with Crippen LogP contribution in [-0.2, 0) is 0 Å². The van der Waals surface area contributed by atoms with E-state index in [1.807, 2.05) is 18.7 Å². The molecule has 0 unspecified atom stereocenters. The van der Waals surface area contributed by atoms with Crippen molar-refractivity contribution in [3.05, 3.63) is 17.5 Å². The number of carbonyl (C=O) groups is 1. The van der Waals surface area contributed by atoms with Crippen molar-refractivity contribution in [1.82, 2.24) is 10.1 Å². The second-order valence-electron chi connectivity index (χ2n) is 4.72. The van der Waals surface area contributed by atoms with Crippen LogP contribution in [-0.4, -0.2) is 28.6 Å². The fourth-order valence-electron chi connectivity index (χ4n) is 2.57. The largest absolute Gasteiger partial charge is 0.351 e. The summed E-state index contributed by atoms with van der Waals surface area (Å²) in [6, 6.07) is 2.10. The van der Waals surface area contributed by atoms with Gasteiger partial charge in [0.2, 0.25) is 5.76 Å². The minimum absolute atomic E-state index is 0.0139. The molecule has 1 aliphatic rings. The van der Waals surface area contributed by atoms with Crippen molar-refractivity contribution in [2.45, 2.75) is 52.0 Å². The topological polar surface area (TPSA) is 46.3 Å². The lowest BCUT2D eigenvalue weighted by molar-refractivity contribution is 0.0606. The Morgan fingerprint density at radius 3 is 2.71 bits per heavy atom. The molecule has 1 aliphatic carbocycles. The van der Waals surface area contributed by atoms with E-state index in [4.69, 9.17) is 4.52 Å². The molecule has 0 N–H and O–H groups in total. The van der Waals surface area contributed by atoms with Crippen LogP contribution in [0.2, 0.25) is 0 Å². The number of carbonyl (C=O) groups excluding carboxylic acids is 1. The molecule has 2 rings (SSSR count). The maximum atomic E-state index is 12.3. The molecule has 0 bridgehead atoms. The van der Waals surface area contributed by atoms with Crippen molar-refractivity contribution >= 4 is 5.91 Å². The Kier molecular flexibility index (Phi) is 3.82. The number of aromatic nitrogens is 1. The van der Waals surface area contributed by atoms with Crippen molar-refractivity contribution in [2.75, 3.05) is 6.54 Å². The molecule has 17 heavy (non-hydrogen) atoms. The molecule has 94 valence electrons. The van der Waals surface area contributed by atoms with E-state index in [1.54, 1.807) is 6.07 Å². The van der Waals surface area contributed by atoms with Gasteiger partial charge in [0, 0.05) is 18.7 Å². The highest BCUT2D eigenvalue weighted by atomic mass is 16.5. The Balaban J connectivity index is 2.09. The van der Waals surface area contributed by atoms with Gasteiger partial charge >= 0.3 is 0 Å². The van der Waals surface area contributed by atoms with Gasteiger partial charge in [-0.1, -0.05) is 24.4 Å². The van der Waals surface area contributed by atoms with E-state index in [0.29, 0.717) is 11.8 Å². The van der Waals surface area contributed by atoms with E-state index >= 15 is 0 Å². The average Bonchev–Trinajstić information content (AvgIpc) is 2.78. The van der Waals surface area contributed by atoms with Crippen molar-refractivity contribution in [1.29, 1.82) is 0 Å². The van der Waals surface area contributed by atoms with E-state index in [0.717, 1.165) is 25.1 Å². The number of hydrogen-bond acceptors (Lipinski definition) is 3. The van der Waals surface area contributed by atoms with Gasteiger partial charge in [-0.15, -0.1) is 0 Å². The van der Waals surface area contributed by atoms with E-state index in [2.05, 4.69) is 5.16 Å². The molecule has 1 aromatic heterocycles. The van der Waals surface area contributed by atoms with Crippen LogP contribution in [0.3, 0.4) is 0 Å². The molecular weight excluding hydrogens is 216 g/mol. The zero-order chi connectivity index (χ0) is 12.3. The zero-order valence-corrected chi connectivity index (χ0v) is 10.6. The number of aryl methyl sites for hydroxylation is 1. The first kappa shape index (κ1) is 12.1. The van der Waals surface area contributed by atoms with Crippen LogP contribution in [0.25, 0.3) is 0 Å². The normalized spacial score (nSPS) is 17.1. The Morgan fingerprint density at radius 1 is 1.47 bits per heavy atom. The molecule has 0 radical (unpaired) electrons.